The lowest BCUT2D eigenvalue weighted by Crippen LogP contribution is -2.15. The van der Waals surface area contributed by atoms with E-state index in [0.717, 1.165) is 0 Å². The summed E-state index contributed by atoms with van der Waals surface area (Å²) < 4.78 is 31.5. The van der Waals surface area contributed by atoms with E-state index in [1.165, 1.54) is 24.3 Å². The maximum absolute atomic E-state index is 11.2. The molecule has 0 unspecified atom stereocenters. The summed E-state index contributed by atoms with van der Waals surface area (Å²) in [6.07, 6.45) is 0. The van der Waals surface area contributed by atoms with Crippen LogP contribution in [0.4, 0.5) is 0 Å². The van der Waals surface area contributed by atoms with E-state index < -0.39 is 21.8 Å². The molecule has 0 saturated heterocycles. The monoisotopic (exact) mass is 294 g/mol. The van der Waals surface area contributed by atoms with Gasteiger partial charge in [-0.3, -0.25) is 4.55 Å². The highest BCUT2D eigenvalue weighted by Crippen LogP contribution is 2.28. The molecule has 0 heterocycles. The van der Waals surface area contributed by atoms with E-state index >= 15 is 0 Å². The van der Waals surface area contributed by atoms with Crippen LogP contribution in [0.3, 0.4) is 0 Å². The van der Waals surface area contributed by atoms with Gasteiger partial charge in [-0.2, -0.15) is 8.42 Å². The smallest absolute Gasteiger partial charge is 0.265 e. The first-order valence-electron chi connectivity index (χ1n) is 5.88. The van der Waals surface area contributed by atoms with Gasteiger partial charge in [0, 0.05) is 5.92 Å². The fraction of sp³-hybridized carbons (Fsp3) is 0.143. The van der Waals surface area contributed by atoms with E-state index in [4.69, 9.17) is 4.55 Å². The first kappa shape index (κ1) is 14.4. The summed E-state index contributed by atoms with van der Waals surface area (Å²) >= 11 is 0. The van der Waals surface area contributed by atoms with Gasteiger partial charge in [0.05, 0.1) is 5.75 Å². The topological polar surface area (TPSA) is 94.8 Å². The number of hydrogen-bond donors (Lipinski definition) is 3. The Kier molecular flexibility index (Phi) is 3.96. The van der Waals surface area contributed by atoms with Crippen molar-refractivity contribution in [2.24, 2.45) is 0 Å². The predicted molar refractivity (Wildman–Crippen MR) is 74.5 cm³/mol. The summed E-state index contributed by atoms with van der Waals surface area (Å²) in [5, 5.41) is 18.6. The highest BCUT2D eigenvalue weighted by molar-refractivity contribution is 7.85. The molecule has 0 aromatic heterocycles. The molecule has 0 radical (unpaired) electrons. The molecule has 0 aliphatic carbocycles. The average molecular weight is 294 g/mol. The number of phenolic OH excluding ortho intramolecular Hbond substituents is 2. The minimum atomic E-state index is -4.16. The zero-order valence-electron chi connectivity index (χ0n) is 10.5. The second-order valence-electron chi connectivity index (χ2n) is 4.48. The molecule has 2 aromatic rings. The minimum absolute atomic E-state index is 0.0741. The van der Waals surface area contributed by atoms with Crippen LogP contribution in [0.1, 0.15) is 17.0 Å². The van der Waals surface area contributed by atoms with Crippen LogP contribution in [0.2, 0.25) is 0 Å². The third-order valence-electron chi connectivity index (χ3n) is 2.97. The van der Waals surface area contributed by atoms with Crippen LogP contribution in [0.15, 0.2) is 48.5 Å². The zero-order valence-corrected chi connectivity index (χ0v) is 11.3. The molecule has 0 saturated carbocycles. The standard InChI is InChI=1S/C14H14O5S/c15-12-5-1-10(2-6-12)14(9-20(17,18)19)11-3-7-13(16)8-4-11/h1-8,14-16H,9H2,(H,17,18,19). The minimum Gasteiger partial charge on any atom is -0.508 e. The maximum atomic E-state index is 11.2. The van der Waals surface area contributed by atoms with Crippen LogP contribution in [-0.4, -0.2) is 28.9 Å². The molecular weight excluding hydrogens is 280 g/mol. The lowest BCUT2D eigenvalue weighted by Gasteiger charge is -2.16. The molecule has 2 aromatic carbocycles. The van der Waals surface area contributed by atoms with Gasteiger partial charge in [-0.05, 0) is 35.4 Å². The van der Waals surface area contributed by atoms with Crippen molar-refractivity contribution < 1.29 is 23.2 Å². The van der Waals surface area contributed by atoms with Crippen molar-refractivity contribution in [2.75, 3.05) is 5.75 Å². The Labute approximate surface area is 116 Å². The molecule has 0 amide bonds. The van der Waals surface area contributed by atoms with Crippen molar-refractivity contribution in [3.8, 4) is 11.5 Å². The van der Waals surface area contributed by atoms with Crippen molar-refractivity contribution in [2.45, 2.75) is 5.92 Å². The van der Waals surface area contributed by atoms with E-state index in [1.54, 1.807) is 24.3 Å². The molecule has 0 aliphatic heterocycles. The van der Waals surface area contributed by atoms with Crippen molar-refractivity contribution >= 4 is 10.1 Å². The first-order valence-corrected chi connectivity index (χ1v) is 7.49. The van der Waals surface area contributed by atoms with Crippen LogP contribution in [-0.2, 0) is 10.1 Å². The molecule has 0 aliphatic rings. The Morgan fingerprint density at radius 3 is 1.45 bits per heavy atom. The maximum Gasteiger partial charge on any atom is 0.265 e. The van der Waals surface area contributed by atoms with Crippen LogP contribution >= 0.6 is 0 Å². The molecule has 0 spiro atoms. The zero-order chi connectivity index (χ0) is 14.8. The first-order chi connectivity index (χ1) is 9.35. The van der Waals surface area contributed by atoms with Crippen molar-refractivity contribution in [1.82, 2.24) is 0 Å². The molecule has 20 heavy (non-hydrogen) atoms. The molecule has 106 valence electrons. The molecule has 0 fully saturated rings. The molecule has 2 rings (SSSR count). The highest BCUT2D eigenvalue weighted by atomic mass is 32.2. The van der Waals surface area contributed by atoms with E-state index in [-0.39, 0.29) is 11.5 Å². The van der Waals surface area contributed by atoms with Crippen LogP contribution in [0, 0.1) is 0 Å². The number of hydrogen-bond acceptors (Lipinski definition) is 4. The number of rotatable bonds is 4. The largest absolute Gasteiger partial charge is 0.508 e. The molecular formula is C14H14O5S. The summed E-state index contributed by atoms with van der Waals surface area (Å²) in [7, 11) is -4.16. The third-order valence-corrected chi connectivity index (χ3v) is 3.72. The molecule has 5 nitrogen and oxygen atoms in total. The Bertz CT molecular complexity index is 629. The van der Waals surface area contributed by atoms with Crippen molar-refractivity contribution in [3.63, 3.8) is 0 Å². The van der Waals surface area contributed by atoms with Gasteiger partial charge >= 0.3 is 0 Å². The number of aromatic hydroxyl groups is 2. The second kappa shape index (κ2) is 5.52. The van der Waals surface area contributed by atoms with Crippen LogP contribution < -0.4 is 0 Å². The Morgan fingerprint density at radius 1 is 0.800 bits per heavy atom. The van der Waals surface area contributed by atoms with Crippen LogP contribution in [0.25, 0.3) is 0 Å². The number of benzene rings is 2. The molecule has 3 N–H and O–H groups in total. The highest BCUT2D eigenvalue weighted by Gasteiger charge is 2.21. The normalized spacial score (nSPS) is 11.7. The summed E-state index contributed by atoms with van der Waals surface area (Å²) in [5.74, 6) is -0.899. The Balaban J connectivity index is 2.44. The van der Waals surface area contributed by atoms with Crippen LogP contribution in [0.5, 0.6) is 11.5 Å². The van der Waals surface area contributed by atoms with Gasteiger partial charge < -0.3 is 10.2 Å². The third kappa shape index (κ3) is 3.72. The summed E-state index contributed by atoms with van der Waals surface area (Å²) in [5.41, 5.74) is 1.29. The van der Waals surface area contributed by atoms with Gasteiger partial charge in [0.25, 0.3) is 10.1 Å². The second-order valence-corrected chi connectivity index (χ2v) is 5.98. The van der Waals surface area contributed by atoms with Gasteiger partial charge in [-0.15, -0.1) is 0 Å². The van der Waals surface area contributed by atoms with Gasteiger partial charge in [0.15, 0.2) is 0 Å². The number of phenols is 2. The van der Waals surface area contributed by atoms with Gasteiger partial charge in [0.2, 0.25) is 0 Å². The predicted octanol–water partition coefficient (Wildman–Crippen LogP) is 2.12. The Hall–Kier alpha value is -2.05. The lowest BCUT2D eigenvalue weighted by atomic mass is 9.93. The van der Waals surface area contributed by atoms with Gasteiger partial charge in [0.1, 0.15) is 11.5 Å². The van der Waals surface area contributed by atoms with E-state index in [2.05, 4.69) is 0 Å². The summed E-state index contributed by atoms with van der Waals surface area (Å²) in [4.78, 5) is 0. The lowest BCUT2D eigenvalue weighted by molar-refractivity contribution is 0.475. The molecule has 0 atom stereocenters. The summed E-state index contributed by atoms with van der Waals surface area (Å²) in [6, 6.07) is 12.2. The summed E-state index contributed by atoms with van der Waals surface area (Å²) in [6.45, 7) is 0. The fourth-order valence-corrected chi connectivity index (χ4v) is 2.81. The SMILES string of the molecule is O=S(=O)(O)CC(c1ccc(O)cc1)c1ccc(O)cc1. The van der Waals surface area contributed by atoms with Gasteiger partial charge in [-0.1, -0.05) is 24.3 Å². The van der Waals surface area contributed by atoms with Crippen molar-refractivity contribution in [1.29, 1.82) is 0 Å². The fourth-order valence-electron chi connectivity index (χ4n) is 2.01. The quantitative estimate of drug-likeness (QED) is 0.751. The average Bonchev–Trinajstić information content (AvgIpc) is 2.37. The van der Waals surface area contributed by atoms with Gasteiger partial charge in [-0.25, -0.2) is 0 Å². The van der Waals surface area contributed by atoms with Crippen molar-refractivity contribution in [3.05, 3.63) is 59.7 Å². The molecule has 6 heteroatoms. The molecule has 0 bridgehead atoms. The van der Waals surface area contributed by atoms with E-state index in [1.807, 2.05) is 0 Å². The van der Waals surface area contributed by atoms with E-state index in [0.29, 0.717) is 11.1 Å². The Morgan fingerprint density at radius 2 is 1.15 bits per heavy atom. The van der Waals surface area contributed by atoms with E-state index in [9.17, 15) is 18.6 Å².